The van der Waals surface area contributed by atoms with Gasteiger partial charge in [-0.15, -0.1) is 0 Å². The fourth-order valence-corrected chi connectivity index (χ4v) is 3.40. The van der Waals surface area contributed by atoms with E-state index in [1.165, 1.54) is 0 Å². The van der Waals surface area contributed by atoms with Crippen molar-refractivity contribution in [1.82, 2.24) is 35.6 Å². The summed E-state index contributed by atoms with van der Waals surface area (Å²) in [5.74, 6) is 1.23. The molecule has 2 aromatic heterocycles. The van der Waals surface area contributed by atoms with Crippen LogP contribution >= 0.6 is 0 Å². The van der Waals surface area contributed by atoms with Crippen LogP contribution in [0.2, 0.25) is 0 Å². The number of nitrogens with zero attached hydrogens (tertiary/aromatic N) is 4. The topological polar surface area (TPSA) is 120 Å². The first-order chi connectivity index (χ1) is 12.8. The van der Waals surface area contributed by atoms with Crippen LogP contribution in [-0.4, -0.2) is 61.2 Å². The predicted octanol–water partition coefficient (Wildman–Crippen LogP) is 1.05. The lowest BCUT2D eigenvalue weighted by molar-refractivity contribution is -0.137. The second-order valence-electron chi connectivity index (χ2n) is 7.43. The number of hydrogen-bond acceptors (Lipinski definition) is 5. The van der Waals surface area contributed by atoms with Gasteiger partial charge in [-0.3, -0.25) is 9.59 Å². The van der Waals surface area contributed by atoms with Crippen molar-refractivity contribution in [2.75, 3.05) is 13.1 Å². The third-order valence-corrected chi connectivity index (χ3v) is 5.06. The van der Waals surface area contributed by atoms with E-state index in [1.807, 2.05) is 25.7 Å². The molecule has 1 aliphatic rings. The van der Waals surface area contributed by atoms with E-state index in [4.69, 9.17) is 0 Å². The minimum Gasteiger partial charge on any atom is -0.348 e. The molecule has 1 saturated heterocycles. The standard InChI is InChI=1S/C18H27N7O2/c1-10(19-18(27)17-13(4)22-24-23-17)7-14-8-25(9-14)16(26)6-5-15-20-11(2)12(3)21-15/h10,14H,5-9H2,1-4H3,(H,19,27)(H,20,21)(H,22,23,24). The van der Waals surface area contributed by atoms with Gasteiger partial charge in [0.15, 0.2) is 5.69 Å². The van der Waals surface area contributed by atoms with Gasteiger partial charge in [0, 0.05) is 37.7 Å². The number of imidazole rings is 1. The molecule has 2 amide bonds. The molecule has 0 bridgehead atoms. The van der Waals surface area contributed by atoms with E-state index in [1.54, 1.807) is 6.92 Å². The molecule has 3 heterocycles. The van der Waals surface area contributed by atoms with E-state index in [2.05, 4.69) is 30.7 Å². The molecule has 1 unspecified atom stereocenters. The molecule has 2 aromatic rings. The number of rotatable bonds is 7. The molecule has 0 spiro atoms. The summed E-state index contributed by atoms with van der Waals surface area (Å²) in [6.07, 6.45) is 1.94. The van der Waals surface area contributed by atoms with Gasteiger partial charge in [0.2, 0.25) is 5.91 Å². The van der Waals surface area contributed by atoms with Crippen LogP contribution in [0.5, 0.6) is 0 Å². The lowest BCUT2D eigenvalue weighted by atomic mass is 9.92. The minimum atomic E-state index is -0.218. The van der Waals surface area contributed by atoms with Crippen LogP contribution in [0.15, 0.2) is 0 Å². The molecular weight excluding hydrogens is 346 g/mol. The first-order valence-electron chi connectivity index (χ1n) is 9.31. The summed E-state index contributed by atoms with van der Waals surface area (Å²) in [6.45, 7) is 9.15. The Hall–Kier alpha value is -2.71. The van der Waals surface area contributed by atoms with Gasteiger partial charge in [0.1, 0.15) is 5.82 Å². The van der Waals surface area contributed by atoms with Crippen molar-refractivity contribution >= 4 is 11.8 Å². The Kier molecular flexibility index (Phi) is 5.57. The summed E-state index contributed by atoms with van der Waals surface area (Å²) in [6, 6.07) is 0.0184. The fraction of sp³-hybridized carbons (Fsp3) is 0.611. The maximum absolute atomic E-state index is 12.3. The van der Waals surface area contributed by atoms with Crippen LogP contribution in [-0.2, 0) is 11.2 Å². The number of carbonyl (C=O) groups excluding carboxylic acids is 2. The summed E-state index contributed by atoms with van der Waals surface area (Å²) >= 11 is 0. The summed E-state index contributed by atoms with van der Waals surface area (Å²) < 4.78 is 0. The zero-order chi connectivity index (χ0) is 19.6. The molecule has 3 rings (SSSR count). The van der Waals surface area contributed by atoms with E-state index in [-0.39, 0.29) is 17.9 Å². The van der Waals surface area contributed by atoms with Gasteiger partial charge in [-0.2, -0.15) is 15.4 Å². The smallest absolute Gasteiger partial charge is 0.273 e. The van der Waals surface area contributed by atoms with E-state index in [0.29, 0.717) is 30.1 Å². The van der Waals surface area contributed by atoms with E-state index >= 15 is 0 Å². The van der Waals surface area contributed by atoms with E-state index < -0.39 is 0 Å². The van der Waals surface area contributed by atoms with Gasteiger partial charge >= 0.3 is 0 Å². The molecule has 1 fully saturated rings. The maximum atomic E-state index is 12.3. The van der Waals surface area contributed by atoms with Crippen LogP contribution in [0, 0.1) is 26.7 Å². The summed E-state index contributed by atoms with van der Waals surface area (Å²) in [4.78, 5) is 33.9. The Labute approximate surface area is 158 Å². The quantitative estimate of drug-likeness (QED) is 0.670. The monoisotopic (exact) mass is 373 g/mol. The number of H-pyrrole nitrogens is 2. The summed E-state index contributed by atoms with van der Waals surface area (Å²) in [7, 11) is 0. The Bertz CT molecular complexity index is 800. The van der Waals surface area contributed by atoms with Gasteiger partial charge in [0.05, 0.1) is 11.4 Å². The third-order valence-electron chi connectivity index (χ3n) is 5.06. The molecule has 9 heteroatoms. The first kappa shape index (κ1) is 19.1. The van der Waals surface area contributed by atoms with Gasteiger partial charge in [0.25, 0.3) is 5.91 Å². The Morgan fingerprint density at radius 3 is 2.56 bits per heavy atom. The van der Waals surface area contributed by atoms with Crippen molar-refractivity contribution in [3.05, 3.63) is 28.6 Å². The molecule has 0 aromatic carbocycles. The second kappa shape index (κ2) is 7.89. The van der Waals surface area contributed by atoms with Gasteiger partial charge in [-0.1, -0.05) is 0 Å². The zero-order valence-corrected chi connectivity index (χ0v) is 16.3. The summed E-state index contributed by atoms with van der Waals surface area (Å²) in [5, 5.41) is 13.1. The lowest BCUT2D eigenvalue weighted by Crippen LogP contribution is -2.52. The van der Waals surface area contributed by atoms with Crippen LogP contribution < -0.4 is 5.32 Å². The number of carbonyl (C=O) groups is 2. The van der Waals surface area contributed by atoms with Gasteiger partial charge in [-0.05, 0) is 40.0 Å². The van der Waals surface area contributed by atoms with Crippen molar-refractivity contribution in [2.24, 2.45) is 5.92 Å². The second-order valence-corrected chi connectivity index (χ2v) is 7.43. The number of aromatic amines is 2. The average molecular weight is 373 g/mol. The van der Waals surface area contributed by atoms with Crippen LogP contribution in [0.4, 0.5) is 0 Å². The first-order valence-corrected chi connectivity index (χ1v) is 9.31. The highest BCUT2D eigenvalue weighted by molar-refractivity contribution is 5.93. The largest absolute Gasteiger partial charge is 0.348 e. The minimum absolute atomic E-state index is 0.0184. The van der Waals surface area contributed by atoms with Crippen molar-refractivity contribution in [3.63, 3.8) is 0 Å². The molecule has 0 radical (unpaired) electrons. The number of likely N-dealkylation sites (tertiary alicyclic amines) is 1. The number of aromatic nitrogens is 5. The zero-order valence-electron chi connectivity index (χ0n) is 16.3. The SMILES string of the molecule is Cc1n[nH]nc1C(=O)NC(C)CC1CN(C(=O)CCc2nc(C)c(C)[nH]2)C1. The van der Waals surface area contributed by atoms with Crippen molar-refractivity contribution in [3.8, 4) is 0 Å². The number of nitrogens with one attached hydrogen (secondary N) is 3. The molecule has 0 saturated carbocycles. The highest BCUT2D eigenvalue weighted by Gasteiger charge is 2.31. The number of aryl methyl sites for hydroxylation is 4. The Morgan fingerprint density at radius 2 is 1.96 bits per heavy atom. The van der Waals surface area contributed by atoms with Gasteiger partial charge < -0.3 is 15.2 Å². The normalized spacial score (nSPS) is 15.5. The highest BCUT2D eigenvalue weighted by atomic mass is 16.2. The fourth-order valence-electron chi connectivity index (χ4n) is 3.40. The Morgan fingerprint density at radius 1 is 1.22 bits per heavy atom. The van der Waals surface area contributed by atoms with E-state index in [0.717, 1.165) is 36.7 Å². The van der Waals surface area contributed by atoms with Crippen LogP contribution in [0.1, 0.15) is 53.2 Å². The third kappa shape index (κ3) is 4.53. The number of amides is 2. The molecule has 9 nitrogen and oxygen atoms in total. The molecule has 0 aliphatic carbocycles. The molecule has 3 N–H and O–H groups in total. The Balaban J connectivity index is 1.37. The molecule has 146 valence electrons. The van der Waals surface area contributed by atoms with Crippen LogP contribution in [0.3, 0.4) is 0 Å². The molecule has 27 heavy (non-hydrogen) atoms. The van der Waals surface area contributed by atoms with Gasteiger partial charge in [-0.25, -0.2) is 4.98 Å². The van der Waals surface area contributed by atoms with Crippen molar-refractivity contribution in [2.45, 2.75) is 53.0 Å². The van der Waals surface area contributed by atoms with E-state index in [9.17, 15) is 9.59 Å². The highest BCUT2D eigenvalue weighted by Crippen LogP contribution is 2.22. The average Bonchev–Trinajstić information content (AvgIpc) is 3.14. The molecule has 1 aliphatic heterocycles. The van der Waals surface area contributed by atoms with Crippen molar-refractivity contribution < 1.29 is 9.59 Å². The molecule has 1 atom stereocenters. The van der Waals surface area contributed by atoms with Crippen LogP contribution in [0.25, 0.3) is 0 Å². The summed E-state index contributed by atoms with van der Waals surface area (Å²) in [5.41, 5.74) is 2.95. The lowest BCUT2D eigenvalue weighted by Gasteiger charge is -2.40. The number of hydrogen-bond donors (Lipinski definition) is 3. The maximum Gasteiger partial charge on any atom is 0.273 e. The van der Waals surface area contributed by atoms with Crippen molar-refractivity contribution in [1.29, 1.82) is 0 Å². The molecular formula is C18H27N7O2. The predicted molar refractivity (Wildman–Crippen MR) is 99.1 cm³/mol.